The Labute approximate surface area is 108 Å². The quantitative estimate of drug-likeness (QED) is 0.902. The van der Waals surface area contributed by atoms with E-state index in [4.69, 9.17) is 9.52 Å². The number of fused-ring (bicyclic) bond motifs is 1. The molecule has 1 unspecified atom stereocenters. The van der Waals surface area contributed by atoms with Crippen LogP contribution in [0.15, 0.2) is 28.7 Å². The van der Waals surface area contributed by atoms with Crippen molar-refractivity contribution in [2.24, 2.45) is 5.92 Å². The van der Waals surface area contributed by atoms with Crippen LogP contribution in [-0.2, 0) is 17.6 Å². The van der Waals surface area contributed by atoms with E-state index >= 15 is 0 Å². The Bertz CT molecular complexity index is 635. The monoisotopic (exact) mass is 261 g/mol. The van der Waals surface area contributed by atoms with Gasteiger partial charge in [0.15, 0.2) is 0 Å². The molecule has 1 aliphatic rings. The van der Waals surface area contributed by atoms with Crippen molar-refractivity contribution in [1.82, 2.24) is 4.98 Å². The third-order valence-corrected chi connectivity index (χ3v) is 3.39. The first-order valence-corrected chi connectivity index (χ1v) is 6.11. The number of rotatable bonds is 2. The Hall–Kier alpha value is -2.17. The van der Waals surface area contributed by atoms with E-state index in [1.807, 2.05) is 0 Å². The molecule has 0 saturated heterocycles. The minimum atomic E-state index is -0.818. The van der Waals surface area contributed by atoms with Crippen LogP contribution in [0.1, 0.15) is 17.9 Å². The Morgan fingerprint density at radius 1 is 1.42 bits per heavy atom. The fraction of sp³-hybridized carbons (Fsp3) is 0.286. The highest BCUT2D eigenvalue weighted by atomic mass is 19.1. The smallest absolute Gasteiger partial charge is 0.306 e. The summed E-state index contributed by atoms with van der Waals surface area (Å²) in [6, 6.07) is 6.25. The highest BCUT2D eigenvalue weighted by Gasteiger charge is 2.29. The number of aromatic nitrogens is 1. The second-order valence-electron chi connectivity index (χ2n) is 4.65. The number of aryl methyl sites for hydroxylation is 1. The predicted octanol–water partition coefficient (Wildman–Crippen LogP) is 2.67. The summed E-state index contributed by atoms with van der Waals surface area (Å²) < 4.78 is 19.2. The fourth-order valence-corrected chi connectivity index (χ4v) is 2.34. The number of carboxylic acid groups (broad SMARTS) is 1. The lowest BCUT2D eigenvalue weighted by atomic mass is 9.90. The Morgan fingerprint density at radius 2 is 2.21 bits per heavy atom. The van der Waals surface area contributed by atoms with E-state index in [9.17, 15) is 9.18 Å². The van der Waals surface area contributed by atoms with E-state index < -0.39 is 17.7 Å². The van der Waals surface area contributed by atoms with Gasteiger partial charge in [0.2, 0.25) is 5.89 Å². The molecule has 1 aliphatic carbocycles. The molecule has 0 saturated carbocycles. The largest absolute Gasteiger partial charge is 0.481 e. The Kier molecular flexibility index (Phi) is 2.81. The third kappa shape index (κ3) is 2.12. The molecule has 1 N–H and O–H groups in total. The van der Waals surface area contributed by atoms with E-state index in [1.165, 1.54) is 6.07 Å². The normalized spacial score (nSPS) is 18.1. The molecule has 0 bridgehead atoms. The van der Waals surface area contributed by atoms with Crippen LogP contribution < -0.4 is 0 Å². The number of carboxylic acids is 1. The number of aliphatic carboxylic acids is 1. The van der Waals surface area contributed by atoms with Gasteiger partial charge in [-0.05, 0) is 18.6 Å². The van der Waals surface area contributed by atoms with Gasteiger partial charge in [0.05, 0.1) is 17.2 Å². The van der Waals surface area contributed by atoms with Crippen LogP contribution in [-0.4, -0.2) is 16.1 Å². The van der Waals surface area contributed by atoms with Crippen molar-refractivity contribution in [1.29, 1.82) is 0 Å². The van der Waals surface area contributed by atoms with Crippen molar-refractivity contribution in [3.63, 3.8) is 0 Å². The highest BCUT2D eigenvalue weighted by molar-refractivity contribution is 5.70. The van der Waals surface area contributed by atoms with Crippen molar-refractivity contribution < 1.29 is 18.7 Å². The average molecular weight is 261 g/mol. The molecule has 4 nitrogen and oxygen atoms in total. The van der Waals surface area contributed by atoms with Crippen LogP contribution >= 0.6 is 0 Å². The zero-order valence-corrected chi connectivity index (χ0v) is 10.1. The topological polar surface area (TPSA) is 63.3 Å². The van der Waals surface area contributed by atoms with Gasteiger partial charge in [-0.1, -0.05) is 12.1 Å². The van der Waals surface area contributed by atoms with Crippen molar-refractivity contribution in [2.75, 3.05) is 0 Å². The van der Waals surface area contributed by atoms with Gasteiger partial charge in [-0.2, -0.15) is 0 Å². The zero-order valence-electron chi connectivity index (χ0n) is 10.1. The van der Waals surface area contributed by atoms with Crippen LogP contribution in [0.2, 0.25) is 0 Å². The van der Waals surface area contributed by atoms with Gasteiger partial charge >= 0.3 is 5.97 Å². The summed E-state index contributed by atoms with van der Waals surface area (Å²) in [6.45, 7) is 0. The highest BCUT2D eigenvalue weighted by Crippen LogP contribution is 2.30. The first-order valence-electron chi connectivity index (χ1n) is 6.11. The lowest BCUT2D eigenvalue weighted by Gasteiger charge is -2.15. The molecule has 0 radical (unpaired) electrons. The van der Waals surface area contributed by atoms with Crippen LogP contribution in [0, 0.1) is 11.7 Å². The van der Waals surface area contributed by atoms with Crippen molar-refractivity contribution in [3.05, 3.63) is 41.5 Å². The van der Waals surface area contributed by atoms with Gasteiger partial charge in [-0.3, -0.25) is 4.79 Å². The second-order valence-corrected chi connectivity index (χ2v) is 4.65. The molecule has 98 valence electrons. The van der Waals surface area contributed by atoms with E-state index in [0.29, 0.717) is 36.3 Å². The lowest BCUT2D eigenvalue weighted by molar-refractivity contribution is -0.142. The van der Waals surface area contributed by atoms with Crippen LogP contribution in [0.4, 0.5) is 4.39 Å². The van der Waals surface area contributed by atoms with Crippen LogP contribution in [0.5, 0.6) is 0 Å². The molecule has 1 aromatic heterocycles. The molecule has 0 spiro atoms. The number of oxazole rings is 1. The van der Waals surface area contributed by atoms with Gasteiger partial charge in [-0.25, -0.2) is 9.37 Å². The number of carbonyl (C=O) groups is 1. The maximum atomic E-state index is 13.7. The second kappa shape index (κ2) is 4.50. The number of hydrogen-bond donors (Lipinski definition) is 1. The number of halogens is 1. The van der Waals surface area contributed by atoms with E-state index in [-0.39, 0.29) is 5.89 Å². The molecule has 1 heterocycles. The summed E-state index contributed by atoms with van der Waals surface area (Å²) in [5.74, 6) is -0.729. The maximum Gasteiger partial charge on any atom is 0.306 e. The van der Waals surface area contributed by atoms with E-state index in [2.05, 4.69) is 4.98 Å². The summed E-state index contributed by atoms with van der Waals surface area (Å²) in [5.41, 5.74) is 0.945. The van der Waals surface area contributed by atoms with E-state index in [1.54, 1.807) is 18.2 Å². The Morgan fingerprint density at radius 3 is 2.95 bits per heavy atom. The van der Waals surface area contributed by atoms with Crippen molar-refractivity contribution >= 4 is 5.97 Å². The first-order chi connectivity index (χ1) is 9.15. The molecule has 2 aromatic rings. The summed E-state index contributed by atoms with van der Waals surface area (Å²) >= 11 is 0. The number of nitrogens with zero attached hydrogens (tertiary/aromatic N) is 1. The molecular weight excluding hydrogens is 249 g/mol. The summed E-state index contributed by atoms with van der Waals surface area (Å²) in [4.78, 5) is 15.2. The van der Waals surface area contributed by atoms with Crippen molar-refractivity contribution in [3.8, 4) is 11.5 Å². The summed E-state index contributed by atoms with van der Waals surface area (Å²) in [6.07, 6.45) is 1.42. The van der Waals surface area contributed by atoms with Gasteiger partial charge in [0.1, 0.15) is 11.6 Å². The third-order valence-electron chi connectivity index (χ3n) is 3.39. The van der Waals surface area contributed by atoms with E-state index in [0.717, 1.165) is 0 Å². The van der Waals surface area contributed by atoms with Gasteiger partial charge in [-0.15, -0.1) is 0 Å². The molecule has 1 aromatic carbocycles. The van der Waals surface area contributed by atoms with Crippen LogP contribution in [0.3, 0.4) is 0 Å². The van der Waals surface area contributed by atoms with Gasteiger partial charge < -0.3 is 9.52 Å². The standard InChI is InChI=1S/C14H12FNO3/c15-10-4-2-1-3-9(10)13-16-11-7-8(14(17)18)5-6-12(11)19-13/h1-4,8H,5-7H2,(H,17,18). The number of hydrogen-bond acceptors (Lipinski definition) is 3. The molecule has 19 heavy (non-hydrogen) atoms. The molecule has 0 amide bonds. The van der Waals surface area contributed by atoms with Crippen LogP contribution in [0.25, 0.3) is 11.5 Å². The molecule has 0 fully saturated rings. The molecule has 0 aliphatic heterocycles. The maximum absolute atomic E-state index is 13.7. The lowest BCUT2D eigenvalue weighted by Crippen LogP contribution is -2.21. The molecule has 3 rings (SSSR count). The molecular formula is C14H12FNO3. The van der Waals surface area contributed by atoms with Crippen molar-refractivity contribution in [2.45, 2.75) is 19.3 Å². The van der Waals surface area contributed by atoms with Gasteiger partial charge in [0.25, 0.3) is 0 Å². The minimum absolute atomic E-state index is 0.231. The van der Waals surface area contributed by atoms with Gasteiger partial charge in [0, 0.05) is 12.8 Å². The molecule has 1 atom stereocenters. The molecule has 5 heteroatoms. The zero-order chi connectivity index (χ0) is 13.4. The summed E-state index contributed by atoms with van der Waals surface area (Å²) in [5, 5.41) is 9.01. The average Bonchev–Trinajstić information content (AvgIpc) is 2.81. The Balaban J connectivity index is 1.96. The summed E-state index contributed by atoms with van der Waals surface area (Å²) in [7, 11) is 0. The minimum Gasteiger partial charge on any atom is -0.481 e. The first kappa shape index (κ1) is 11.9. The predicted molar refractivity (Wildman–Crippen MR) is 65.0 cm³/mol. The number of benzene rings is 1. The SMILES string of the molecule is O=C(O)C1CCc2oc(-c3ccccc3F)nc2C1. The fourth-order valence-electron chi connectivity index (χ4n) is 2.34.